The predicted octanol–water partition coefficient (Wildman–Crippen LogP) is 1.17. The van der Waals surface area contributed by atoms with Gasteiger partial charge in [-0.15, -0.1) is 0 Å². The van der Waals surface area contributed by atoms with Gasteiger partial charge in [-0.1, -0.05) is 0 Å². The van der Waals surface area contributed by atoms with Crippen molar-refractivity contribution in [3.63, 3.8) is 0 Å². The third-order valence-electron chi connectivity index (χ3n) is 1.41. The first-order valence-electron chi connectivity index (χ1n) is 3.14. The van der Waals surface area contributed by atoms with Gasteiger partial charge in [0, 0.05) is 9.94 Å². The van der Waals surface area contributed by atoms with Crippen LogP contribution in [-0.2, 0) is 0 Å². The number of rotatable bonds is 1. The van der Waals surface area contributed by atoms with Crippen molar-refractivity contribution in [1.29, 1.82) is 0 Å². The molecule has 2 nitrogen and oxygen atoms in total. The molecule has 13 heavy (non-hydrogen) atoms. The Kier molecular flexibility index (Phi) is 3.45. The average molecular weight is 316 g/mol. The summed E-state index contributed by atoms with van der Waals surface area (Å²) in [5.74, 6) is -2.43. The molecule has 1 rings (SSSR count). The van der Waals surface area contributed by atoms with E-state index in [1.165, 1.54) is 0 Å². The largest absolute Gasteiger partial charge is 0.491 e. The molecule has 1 aromatic carbocycles. The number of benzene rings is 1. The van der Waals surface area contributed by atoms with E-state index in [-0.39, 0.29) is 8.95 Å². The Labute approximate surface area is 90.0 Å². The Morgan fingerprint density at radius 2 is 1.69 bits per heavy atom. The van der Waals surface area contributed by atoms with E-state index in [9.17, 15) is 8.78 Å². The van der Waals surface area contributed by atoms with E-state index < -0.39 is 24.2 Å². The second-order valence-electron chi connectivity index (χ2n) is 2.26. The summed E-state index contributed by atoms with van der Waals surface area (Å²) < 4.78 is 26.0. The fraction of sp³-hybridized carbons (Fsp3) is 0. The van der Waals surface area contributed by atoms with E-state index in [1.54, 1.807) is 0 Å². The summed E-state index contributed by atoms with van der Waals surface area (Å²) in [7, 11) is -2.03. The lowest BCUT2D eigenvalue weighted by Gasteiger charge is -2.05. The summed E-state index contributed by atoms with van der Waals surface area (Å²) in [6.45, 7) is 0. The molecule has 2 N–H and O–H groups in total. The second kappa shape index (κ2) is 4.04. The standard InChI is InChI=1S/C6H3BBr2F2O2/c8-3-1-2(7(12)13)5(10)6(11)4(3)9/h1,12-13H. The van der Waals surface area contributed by atoms with Crippen molar-refractivity contribution in [2.75, 3.05) is 0 Å². The molecule has 0 amide bonds. The summed E-state index contributed by atoms with van der Waals surface area (Å²) in [4.78, 5) is 0. The molecule has 0 unspecified atom stereocenters. The van der Waals surface area contributed by atoms with Crippen molar-refractivity contribution in [3.8, 4) is 0 Å². The molecular formula is C6H3BBr2F2O2. The summed E-state index contributed by atoms with van der Waals surface area (Å²) in [5, 5.41) is 17.3. The van der Waals surface area contributed by atoms with Gasteiger partial charge in [0.2, 0.25) is 0 Å². The molecule has 0 aliphatic heterocycles. The Bertz CT molecular complexity index is 346. The Balaban J connectivity index is 3.41. The van der Waals surface area contributed by atoms with Crippen molar-refractivity contribution < 1.29 is 18.8 Å². The molecule has 0 fully saturated rings. The monoisotopic (exact) mass is 314 g/mol. The summed E-state index contributed by atoms with van der Waals surface area (Å²) in [6.07, 6.45) is 0. The SMILES string of the molecule is OB(O)c1cc(Br)c(Br)c(F)c1F. The molecule has 0 radical (unpaired) electrons. The normalized spacial score (nSPS) is 10.3. The minimum atomic E-state index is -2.03. The molecule has 0 atom stereocenters. The first-order chi connectivity index (χ1) is 5.95. The quantitative estimate of drug-likeness (QED) is 0.464. The molecule has 0 aliphatic carbocycles. The minimum absolute atomic E-state index is 0.0885. The van der Waals surface area contributed by atoms with Crippen molar-refractivity contribution in [2.24, 2.45) is 0 Å². The van der Waals surface area contributed by atoms with Crippen molar-refractivity contribution in [1.82, 2.24) is 0 Å². The van der Waals surface area contributed by atoms with E-state index in [2.05, 4.69) is 31.9 Å². The number of hydrogen-bond donors (Lipinski definition) is 2. The molecule has 0 aliphatic rings. The van der Waals surface area contributed by atoms with E-state index in [1.807, 2.05) is 0 Å². The van der Waals surface area contributed by atoms with Gasteiger partial charge in [-0.3, -0.25) is 0 Å². The lowest BCUT2D eigenvalue weighted by molar-refractivity contribution is 0.419. The van der Waals surface area contributed by atoms with Crippen LogP contribution in [-0.4, -0.2) is 17.2 Å². The summed E-state index contributed by atoms with van der Waals surface area (Å²) in [5.41, 5.74) is -0.507. The van der Waals surface area contributed by atoms with Crippen molar-refractivity contribution in [3.05, 3.63) is 26.6 Å². The van der Waals surface area contributed by atoms with E-state index >= 15 is 0 Å². The van der Waals surface area contributed by atoms with Crippen LogP contribution in [0.15, 0.2) is 15.0 Å². The molecule has 0 bridgehead atoms. The fourth-order valence-corrected chi connectivity index (χ4v) is 1.49. The molecule has 7 heteroatoms. The topological polar surface area (TPSA) is 40.5 Å². The second-order valence-corrected chi connectivity index (χ2v) is 3.91. The van der Waals surface area contributed by atoms with Gasteiger partial charge in [-0.05, 0) is 37.9 Å². The maximum absolute atomic E-state index is 12.9. The van der Waals surface area contributed by atoms with Gasteiger partial charge < -0.3 is 10.0 Å². The first-order valence-corrected chi connectivity index (χ1v) is 4.72. The zero-order valence-electron chi connectivity index (χ0n) is 6.06. The van der Waals surface area contributed by atoms with Gasteiger partial charge in [-0.2, -0.15) is 0 Å². The smallest absolute Gasteiger partial charge is 0.423 e. The van der Waals surface area contributed by atoms with Crippen LogP contribution in [0.4, 0.5) is 8.78 Å². The van der Waals surface area contributed by atoms with Gasteiger partial charge in [-0.25, -0.2) is 8.78 Å². The minimum Gasteiger partial charge on any atom is -0.423 e. The van der Waals surface area contributed by atoms with Gasteiger partial charge in [0.1, 0.15) is 0 Å². The average Bonchev–Trinajstić information content (AvgIpc) is 2.07. The molecule has 0 spiro atoms. The van der Waals surface area contributed by atoms with Crippen LogP contribution in [0, 0.1) is 11.6 Å². The van der Waals surface area contributed by atoms with E-state index in [0.717, 1.165) is 6.07 Å². The maximum atomic E-state index is 12.9. The van der Waals surface area contributed by atoms with Gasteiger partial charge in [0.25, 0.3) is 0 Å². The molecule has 0 aromatic heterocycles. The third-order valence-corrected chi connectivity index (χ3v) is 3.34. The Hall–Kier alpha value is 0.0249. The van der Waals surface area contributed by atoms with Crippen LogP contribution in [0.3, 0.4) is 0 Å². The molecule has 0 saturated carbocycles. The van der Waals surface area contributed by atoms with Crippen LogP contribution in [0.1, 0.15) is 0 Å². The molecule has 0 heterocycles. The summed E-state index contributed by atoms with van der Waals surface area (Å²) in [6, 6.07) is 1.09. The predicted molar refractivity (Wildman–Crippen MR) is 51.6 cm³/mol. The molecular weight excluding hydrogens is 313 g/mol. The highest BCUT2D eigenvalue weighted by Gasteiger charge is 2.23. The van der Waals surface area contributed by atoms with Crippen molar-refractivity contribution >= 4 is 44.4 Å². The molecule has 70 valence electrons. The Morgan fingerprint density at radius 1 is 1.15 bits per heavy atom. The number of hydrogen-bond acceptors (Lipinski definition) is 2. The highest BCUT2D eigenvalue weighted by atomic mass is 79.9. The van der Waals surface area contributed by atoms with Gasteiger partial charge in [0.15, 0.2) is 11.6 Å². The summed E-state index contributed by atoms with van der Waals surface area (Å²) >= 11 is 5.71. The molecule has 0 saturated heterocycles. The van der Waals surface area contributed by atoms with Crippen LogP contribution >= 0.6 is 31.9 Å². The Morgan fingerprint density at radius 3 is 2.15 bits per heavy atom. The van der Waals surface area contributed by atoms with Gasteiger partial charge >= 0.3 is 7.12 Å². The van der Waals surface area contributed by atoms with Crippen LogP contribution in [0.2, 0.25) is 0 Å². The van der Waals surface area contributed by atoms with Crippen LogP contribution in [0.25, 0.3) is 0 Å². The van der Waals surface area contributed by atoms with Gasteiger partial charge in [0.05, 0.1) is 4.47 Å². The maximum Gasteiger partial charge on any atom is 0.491 e. The zero-order chi connectivity index (χ0) is 10.2. The third kappa shape index (κ3) is 2.09. The van der Waals surface area contributed by atoms with Crippen molar-refractivity contribution in [2.45, 2.75) is 0 Å². The van der Waals surface area contributed by atoms with Crippen LogP contribution < -0.4 is 5.46 Å². The van der Waals surface area contributed by atoms with E-state index in [0.29, 0.717) is 0 Å². The highest BCUT2D eigenvalue weighted by molar-refractivity contribution is 9.13. The molecule has 1 aromatic rings. The van der Waals surface area contributed by atoms with E-state index in [4.69, 9.17) is 10.0 Å². The lowest BCUT2D eigenvalue weighted by Crippen LogP contribution is -2.33. The number of halogens is 4. The lowest BCUT2D eigenvalue weighted by atomic mass is 9.80. The highest BCUT2D eigenvalue weighted by Crippen LogP contribution is 2.26. The fourth-order valence-electron chi connectivity index (χ4n) is 0.779. The zero-order valence-corrected chi connectivity index (χ0v) is 9.23. The first kappa shape index (κ1) is 11.1. The van der Waals surface area contributed by atoms with Crippen LogP contribution in [0.5, 0.6) is 0 Å².